The van der Waals surface area contributed by atoms with Crippen molar-refractivity contribution in [3.63, 3.8) is 0 Å². The maximum Gasteiger partial charge on any atom is 0.168 e. The molecule has 0 amide bonds. The second-order valence-electron chi connectivity index (χ2n) is 8.77. The Morgan fingerprint density at radius 3 is 2.25 bits per heavy atom. The van der Waals surface area contributed by atoms with Crippen LogP contribution in [0, 0.1) is 17.6 Å². The maximum absolute atomic E-state index is 15.0. The third kappa shape index (κ3) is 4.91. The third-order valence-corrected chi connectivity index (χ3v) is 6.38. The third-order valence-electron chi connectivity index (χ3n) is 6.38. The van der Waals surface area contributed by atoms with Crippen LogP contribution in [0.25, 0.3) is 22.4 Å². The van der Waals surface area contributed by atoms with E-state index in [2.05, 4.69) is 18.8 Å². The van der Waals surface area contributed by atoms with Crippen molar-refractivity contribution in [1.29, 1.82) is 0 Å². The van der Waals surface area contributed by atoms with Gasteiger partial charge in [0.05, 0.1) is 18.4 Å². The van der Waals surface area contributed by atoms with Crippen molar-refractivity contribution in [3.8, 4) is 22.4 Å². The first-order valence-corrected chi connectivity index (χ1v) is 11.8. The zero-order valence-corrected chi connectivity index (χ0v) is 18.9. The minimum Gasteiger partial charge on any atom is -0.373 e. The van der Waals surface area contributed by atoms with Gasteiger partial charge in [-0.25, -0.2) is 8.78 Å². The summed E-state index contributed by atoms with van der Waals surface area (Å²) in [6.45, 7) is 5.10. The van der Waals surface area contributed by atoms with Crippen LogP contribution >= 0.6 is 0 Å². The summed E-state index contributed by atoms with van der Waals surface area (Å²) in [6, 6.07) is 14.6. The van der Waals surface area contributed by atoms with Gasteiger partial charge in [-0.1, -0.05) is 63.1 Å². The second kappa shape index (κ2) is 10.4. The molecule has 1 aliphatic heterocycles. The van der Waals surface area contributed by atoms with Crippen molar-refractivity contribution < 1.29 is 13.5 Å². The summed E-state index contributed by atoms with van der Waals surface area (Å²) in [5, 5.41) is 0. The van der Waals surface area contributed by atoms with E-state index in [1.807, 2.05) is 30.3 Å². The van der Waals surface area contributed by atoms with E-state index in [4.69, 9.17) is 4.74 Å². The van der Waals surface area contributed by atoms with Crippen LogP contribution in [-0.2, 0) is 11.2 Å². The van der Waals surface area contributed by atoms with Gasteiger partial charge in [-0.15, -0.1) is 0 Å². The Balaban J connectivity index is 1.51. The van der Waals surface area contributed by atoms with E-state index in [0.717, 1.165) is 37.0 Å². The van der Waals surface area contributed by atoms with Crippen molar-refractivity contribution in [1.82, 2.24) is 4.98 Å². The fraction of sp³-hybridized carbons (Fsp3) is 0.393. The Bertz CT molecular complexity index is 1020. The Morgan fingerprint density at radius 1 is 0.875 bits per heavy atom. The van der Waals surface area contributed by atoms with Crippen molar-refractivity contribution in [2.45, 2.75) is 58.5 Å². The molecule has 2 atom stereocenters. The molecule has 0 bridgehead atoms. The Kier molecular flexibility index (Phi) is 7.31. The van der Waals surface area contributed by atoms with E-state index >= 15 is 0 Å². The molecule has 4 rings (SSSR count). The van der Waals surface area contributed by atoms with Gasteiger partial charge >= 0.3 is 0 Å². The molecule has 0 N–H and O–H groups in total. The lowest BCUT2D eigenvalue weighted by Crippen LogP contribution is -2.20. The molecule has 0 saturated carbocycles. The number of aryl methyl sites for hydroxylation is 1. The van der Waals surface area contributed by atoms with E-state index in [1.165, 1.54) is 19.3 Å². The largest absolute Gasteiger partial charge is 0.373 e. The molecule has 0 radical (unpaired) electrons. The topological polar surface area (TPSA) is 22.1 Å². The zero-order valence-electron chi connectivity index (χ0n) is 18.9. The fourth-order valence-electron chi connectivity index (χ4n) is 4.57. The van der Waals surface area contributed by atoms with Crippen LogP contribution in [0.4, 0.5) is 8.78 Å². The highest BCUT2D eigenvalue weighted by Gasteiger charge is 2.23. The monoisotopic (exact) mass is 435 g/mol. The number of halogens is 2. The summed E-state index contributed by atoms with van der Waals surface area (Å²) in [5.41, 5.74) is 3.73. The Labute approximate surface area is 189 Å². The molecule has 0 aliphatic carbocycles. The normalized spacial score (nSPS) is 18.6. The maximum atomic E-state index is 15.0. The summed E-state index contributed by atoms with van der Waals surface area (Å²) in [7, 11) is 0. The number of aromatic nitrogens is 1. The first-order valence-electron chi connectivity index (χ1n) is 11.8. The van der Waals surface area contributed by atoms with Crippen molar-refractivity contribution in [2.24, 2.45) is 5.92 Å². The number of ether oxygens (including phenoxy) is 1. The van der Waals surface area contributed by atoms with Crippen molar-refractivity contribution in [2.75, 3.05) is 6.61 Å². The minimum atomic E-state index is -0.861. The van der Waals surface area contributed by atoms with Gasteiger partial charge in [0.2, 0.25) is 0 Å². The van der Waals surface area contributed by atoms with E-state index in [-0.39, 0.29) is 17.2 Å². The lowest BCUT2D eigenvalue weighted by Gasteiger charge is -2.29. The van der Waals surface area contributed by atoms with Gasteiger partial charge in [0.25, 0.3) is 0 Å². The second-order valence-corrected chi connectivity index (χ2v) is 8.77. The molecule has 2 nitrogen and oxygen atoms in total. The molecular formula is C28H31F2NO. The molecule has 32 heavy (non-hydrogen) atoms. The molecule has 4 heteroatoms. The number of hydrogen-bond donors (Lipinski definition) is 0. The van der Waals surface area contributed by atoms with E-state index < -0.39 is 11.6 Å². The van der Waals surface area contributed by atoms with Crippen LogP contribution in [0.15, 0.2) is 54.7 Å². The average molecular weight is 436 g/mol. The van der Waals surface area contributed by atoms with Crippen LogP contribution in [0.1, 0.15) is 63.2 Å². The summed E-state index contributed by atoms with van der Waals surface area (Å²) >= 11 is 0. The van der Waals surface area contributed by atoms with Crippen LogP contribution in [-0.4, -0.2) is 11.6 Å². The predicted octanol–water partition coefficient (Wildman–Crippen LogP) is 7.91. The molecule has 2 aromatic carbocycles. The number of hydrogen-bond acceptors (Lipinski definition) is 2. The molecule has 1 aliphatic rings. The first kappa shape index (κ1) is 22.6. The lowest BCUT2D eigenvalue weighted by molar-refractivity contribution is -0.0194. The number of nitrogens with zero attached hydrogens (tertiary/aromatic N) is 1. The van der Waals surface area contributed by atoms with Crippen LogP contribution < -0.4 is 0 Å². The Hall–Kier alpha value is -2.59. The highest BCUT2D eigenvalue weighted by Crippen LogP contribution is 2.35. The van der Waals surface area contributed by atoms with Crippen molar-refractivity contribution >= 4 is 0 Å². The van der Waals surface area contributed by atoms with E-state index in [9.17, 15) is 8.78 Å². The smallest absolute Gasteiger partial charge is 0.168 e. The van der Waals surface area contributed by atoms with Crippen LogP contribution in [0.5, 0.6) is 0 Å². The predicted molar refractivity (Wildman–Crippen MR) is 125 cm³/mol. The quantitative estimate of drug-likeness (QED) is 0.376. The number of pyridine rings is 1. The molecule has 0 spiro atoms. The summed E-state index contributed by atoms with van der Waals surface area (Å²) in [4.78, 5) is 4.33. The number of benzene rings is 2. The SMILES string of the molecule is CCCc1ccc(-c2ccc(-c3ccc(C4CCC(CCC)CO4)cc3)c(F)c2F)nc1. The molecule has 1 fully saturated rings. The standard InChI is InChI=1S/C28H31F2NO/c1-3-5-19-7-15-25(31-17-19)24-14-13-23(27(29)28(24)30)21-9-11-22(12-10-21)26-16-8-20(6-4-2)18-32-26/h7,9-15,17,20,26H,3-6,8,16,18H2,1-2H3. The average Bonchev–Trinajstić information content (AvgIpc) is 2.83. The van der Waals surface area contributed by atoms with Gasteiger partial charge in [-0.05, 0) is 60.4 Å². The van der Waals surface area contributed by atoms with Gasteiger partial charge in [0, 0.05) is 17.3 Å². The highest BCUT2D eigenvalue weighted by atomic mass is 19.2. The molecule has 3 aromatic rings. The molecular weight excluding hydrogens is 404 g/mol. The van der Waals surface area contributed by atoms with E-state index in [0.29, 0.717) is 17.2 Å². The van der Waals surface area contributed by atoms with Crippen LogP contribution in [0.3, 0.4) is 0 Å². The minimum absolute atomic E-state index is 0.0860. The van der Waals surface area contributed by atoms with Gasteiger partial charge in [-0.3, -0.25) is 4.98 Å². The Morgan fingerprint density at radius 2 is 1.62 bits per heavy atom. The first-order chi connectivity index (χ1) is 15.6. The fourth-order valence-corrected chi connectivity index (χ4v) is 4.57. The summed E-state index contributed by atoms with van der Waals surface area (Å²) < 4.78 is 36.0. The highest BCUT2D eigenvalue weighted by molar-refractivity contribution is 5.70. The molecule has 2 unspecified atom stereocenters. The molecule has 1 saturated heterocycles. The van der Waals surface area contributed by atoms with Crippen LogP contribution in [0.2, 0.25) is 0 Å². The van der Waals surface area contributed by atoms with Gasteiger partial charge in [-0.2, -0.15) is 0 Å². The number of rotatable bonds is 7. The van der Waals surface area contributed by atoms with Crippen molar-refractivity contribution in [3.05, 3.63) is 77.5 Å². The molecule has 1 aromatic heterocycles. The van der Waals surface area contributed by atoms with Gasteiger partial charge in [0.15, 0.2) is 11.6 Å². The molecule has 2 heterocycles. The van der Waals surface area contributed by atoms with E-state index in [1.54, 1.807) is 24.4 Å². The zero-order chi connectivity index (χ0) is 22.5. The molecule has 168 valence electrons. The van der Waals surface area contributed by atoms with Gasteiger partial charge < -0.3 is 4.74 Å². The summed E-state index contributed by atoms with van der Waals surface area (Å²) in [5.74, 6) is -1.05. The van der Waals surface area contributed by atoms with Gasteiger partial charge in [0.1, 0.15) is 0 Å². The lowest BCUT2D eigenvalue weighted by atomic mass is 9.91. The summed E-state index contributed by atoms with van der Waals surface area (Å²) in [6.07, 6.45) is 8.34.